The number of aliphatic hydroxyl groups is 1. The molecular weight excluding hydrogens is 308 g/mol. The van der Waals surface area contributed by atoms with Gasteiger partial charge >= 0.3 is 0 Å². The largest absolute Gasteiger partial charge is 0.481 e. The van der Waals surface area contributed by atoms with Crippen LogP contribution >= 0.6 is 0 Å². The first-order valence-corrected chi connectivity index (χ1v) is 7.68. The van der Waals surface area contributed by atoms with E-state index in [0.717, 1.165) is 0 Å². The Bertz CT molecular complexity index is 689. The van der Waals surface area contributed by atoms with Gasteiger partial charge in [0.2, 0.25) is 0 Å². The van der Waals surface area contributed by atoms with E-state index in [0.29, 0.717) is 23.5 Å². The van der Waals surface area contributed by atoms with Crippen molar-refractivity contribution in [2.24, 2.45) is 0 Å². The maximum atomic E-state index is 12.2. The molecule has 3 atom stereocenters. The Labute approximate surface area is 140 Å². The maximum Gasteiger partial charge on any atom is 0.260 e. The van der Waals surface area contributed by atoms with Crippen molar-refractivity contribution in [2.75, 3.05) is 0 Å². The highest BCUT2D eigenvalue weighted by Gasteiger charge is 2.20. The number of nitrogens with one attached hydrogen (secondary N) is 1. The van der Waals surface area contributed by atoms with E-state index in [1.807, 2.05) is 6.07 Å². The molecule has 126 valence electrons. The minimum Gasteiger partial charge on any atom is -0.481 e. The molecule has 2 N–H and O–H groups in total. The Hall–Kier alpha value is -2.78. The van der Waals surface area contributed by atoms with E-state index in [9.17, 15) is 9.90 Å². The molecule has 1 heterocycles. The van der Waals surface area contributed by atoms with Crippen LogP contribution in [0.2, 0.25) is 0 Å². The molecule has 2 rings (SSSR count). The summed E-state index contributed by atoms with van der Waals surface area (Å²) in [6, 6.07) is 11.7. The van der Waals surface area contributed by atoms with Gasteiger partial charge in [-0.2, -0.15) is 5.26 Å². The van der Waals surface area contributed by atoms with Crippen molar-refractivity contribution in [3.63, 3.8) is 0 Å². The molecule has 0 radical (unpaired) electrons. The van der Waals surface area contributed by atoms with Gasteiger partial charge in [-0.15, -0.1) is 0 Å². The van der Waals surface area contributed by atoms with Gasteiger partial charge in [0.25, 0.3) is 5.91 Å². The smallest absolute Gasteiger partial charge is 0.260 e. The maximum absolute atomic E-state index is 12.2. The molecule has 24 heavy (non-hydrogen) atoms. The summed E-state index contributed by atoms with van der Waals surface area (Å²) in [5.41, 5.74) is 0.528. The van der Waals surface area contributed by atoms with E-state index in [1.165, 1.54) is 6.26 Å². The quantitative estimate of drug-likeness (QED) is 0.814. The summed E-state index contributed by atoms with van der Waals surface area (Å²) in [5, 5.41) is 21.6. The molecule has 1 aromatic carbocycles. The summed E-state index contributed by atoms with van der Waals surface area (Å²) in [4.78, 5) is 12.2. The second-order valence-corrected chi connectivity index (χ2v) is 5.57. The third-order valence-electron chi connectivity index (χ3n) is 3.50. The lowest BCUT2D eigenvalue weighted by Crippen LogP contribution is -2.41. The second kappa shape index (κ2) is 8.18. The number of carbonyl (C=O) groups is 1. The molecule has 1 aromatic heterocycles. The fourth-order valence-corrected chi connectivity index (χ4v) is 2.22. The van der Waals surface area contributed by atoms with E-state index >= 15 is 0 Å². The molecule has 0 fully saturated rings. The number of carbonyl (C=O) groups excluding carboxylic acids is 1. The molecule has 0 aliphatic rings. The fraction of sp³-hybridized carbons (Fsp3) is 0.333. The Morgan fingerprint density at radius 3 is 2.62 bits per heavy atom. The van der Waals surface area contributed by atoms with Gasteiger partial charge in [0.1, 0.15) is 17.6 Å². The van der Waals surface area contributed by atoms with Crippen LogP contribution in [0, 0.1) is 11.3 Å². The zero-order valence-electron chi connectivity index (χ0n) is 13.6. The van der Waals surface area contributed by atoms with Gasteiger partial charge in [0, 0.05) is 12.5 Å². The lowest BCUT2D eigenvalue weighted by molar-refractivity contribution is -0.128. The number of aliphatic hydroxyl groups excluding tert-OH is 1. The molecule has 0 saturated heterocycles. The van der Waals surface area contributed by atoms with Crippen LogP contribution < -0.4 is 10.1 Å². The normalized spacial score (nSPS) is 14.2. The van der Waals surface area contributed by atoms with E-state index in [-0.39, 0.29) is 11.9 Å². The number of nitrogens with zero attached hydrogens (tertiary/aromatic N) is 1. The first-order valence-electron chi connectivity index (χ1n) is 7.68. The third-order valence-corrected chi connectivity index (χ3v) is 3.50. The summed E-state index contributed by atoms with van der Waals surface area (Å²) < 4.78 is 10.7. The molecule has 0 bridgehead atoms. The molecule has 0 spiro atoms. The average molecular weight is 328 g/mol. The van der Waals surface area contributed by atoms with Crippen LogP contribution in [-0.2, 0) is 4.79 Å². The lowest BCUT2D eigenvalue weighted by atomic mass is 10.1. The predicted octanol–water partition coefficient (Wildman–Crippen LogP) is 2.55. The number of nitriles is 1. The molecular formula is C18H20N2O4. The first-order chi connectivity index (χ1) is 11.5. The summed E-state index contributed by atoms with van der Waals surface area (Å²) in [7, 11) is 0. The number of hydrogen-bond acceptors (Lipinski definition) is 5. The Balaban J connectivity index is 1.82. The van der Waals surface area contributed by atoms with Gasteiger partial charge in [-0.3, -0.25) is 4.79 Å². The second-order valence-electron chi connectivity index (χ2n) is 5.57. The van der Waals surface area contributed by atoms with Crippen molar-refractivity contribution in [3.8, 4) is 11.8 Å². The number of furan rings is 1. The summed E-state index contributed by atoms with van der Waals surface area (Å²) in [6.07, 6.45) is 0.365. The van der Waals surface area contributed by atoms with Crippen LogP contribution in [0.3, 0.4) is 0 Å². The zero-order chi connectivity index (χ0) is 17.5. The topological polar surface area (TPSA) is 95.5 Å². The number of benzene rings is 1. The van der Waals surface area contributed by atoms with E-state index in [2.05, 4.69) is 5.32 Å². The molecule has 3 unspecified atom stereocenters. The Kier molecular flexibility index (Phi) is 5.99. The van der Waals surface area contributed by atoms with Crippen LogP contribution in [0.4, 0.5) is 0 Å². The number of hydrogen-bond donors (Lipinski definition) is 2. The highest BCUT2D eigenvalue weighted by Crippen LogP contribution is 2.19. The van der Waals surface area contributed by atoms with Crippen LogP contribution in [-0.4, -0.2) is 23.2 Å². The van der Waals surface area contributed by atoms with Crippen LogP contribution in [0.5, 0.6) is 5.75 Å². The van der Waals surface area contributed by atoms with Crippen molar-refractivity contribution in [2.45, 2.75) is 38.5 Å². The van der Waals surface area contributed by atoms with Crippen LogP contribution in [0.25, 0.3) is 0 Å². The molecule has 0 aliphatic carbocycles. The van der Waals surface area contributed by atoms with Crippen molar-refractivity contribution < 1.29 is 19.1 Å². The summed E-state index contributed by atoms with van der Waals surface area (Å²) in [6.45, 7) is 3.45. The lowest BCUT2D eigenvalue weighted by Gasteiger charge is -2.20. The first kappa shape index (κ1) is 17.6. The molecule has 6 heteroatoms. The van der Waals surface area contributed by atoms with E-state index in [4.69, 9.17) is 14.4 Å². The SMILES string of the molecule is CC(CC(O)c1ccco1)NC(=O)C(C)Oc1ccc(C#N)cc1. The van der Waals surface area contributed by atoms with Gasteiger partial charge in [-0.25, -0.2) is 0 Å². The average Bonchev–Trinajstić information content (AvgIpc) is 3.10. The monoisotopic (exact) mass is 328 g/mol. The van der Waals surface area contributed by atoms with Crippen molar-refractivity contribution >= 4 is 5.91 Å². The van der Waals surface area contributed by atoms with Gasteiger partial charge in [0.05, 0.1) is 17.9 Å². The van der Waals surface area contributed by atoms with Crippen LogP contribution in [0.1, 0.15) is 37.7 Å². The van der Waals surface area contributed by atoms with Crippen molar-refractivity contribution in [1.82, 2.24) is 5.32 Å². The molecule has 1 amide bonds. The molecule has 0 aliphatic heterocycles. The van der Waals surface area contributed by atoms with E-state index in [1.54, 1.807) is 50.2 Å². The molecule has 2 aromatic rings. The van der Waals surface area contributed by atoms with Gasteiger partial charge < -0.3 is 19.6 Å². The number of rotatable bonds is 7. The standard InChI is InChI=1S/C18H20N2O4/c1-12(10-16(21)17-4-3-9-23-17)20-18(22)13(2)24-15-7-5-14(11-19)6-8-15/h3-9,12-13,16,21H,10H2,1-2H3,(H,20,22). The third kappa shape index (κ3) is 4.86. The summed E-state index contributed by atoms with van der Waals surface area (Å²) >= 11 is 0. The van der Waals surface area contributed by atoms with Gasteiger partial charge in [-0.1, -0.05) is 0 Å². The Morgan fingerprint density at radius 2 is 2.04 bits per heavy atom. The van der Waals surface area contributed by atoms with Crippen molar-refractivity contribution in [1.29, 1.82) is 5.26 Å². The summed E-state index contributed by atoms with van der Waals surface area (Å²) in [5.74, 6) is 0.705. The van der Waals surface area contributed by atoms with Gasteiger partial charge in [0.15, 0.2) is 6.10 Å². The number of ether oxygens (including phenoxy) is 1. The highest BCUT2D eigenvalue weighted by atomic mass is 16.5. The minimum atomic E-state index is -0.773. The van der Waals surface area contributed by atoms with Crippen LogP contribution in [0.15, 0.2) is 47.1 Å². The van der Waals surface area contributed by atoms with Gasteiger partial charge in [-0.05, 0) is 50.2 Å². The molecule has 0 saturated carbocycles. The molecule has 6 nitrogen and oxygen atoms in total. The zero-order valence-corrected chi connectivity index (χ0v) is 13.6. The predicted molar refractivity (Wildman–Crippen MR) is 87.1 cm³/mol. The number of amides is 1. The highest BCUT2D eigenvalue weighted by molar-refractivity contribution is 5.80. The van der Waals surface area contributed by atoms with Crippen molar-refractivity contribution in [3.05, 3.63) is 54.0 Å². The Morgan fingerprint density at radius 1 is 1.33 bits per heavy atom. The van der Waals surface area contributed by atoms with E-state index < -0.39 is 12.2 Å². The fourth-order valence-electron chi connectivity index (χ4n) is 2.22. The minimum absolute atomic E-state index is 0.246.